The van der Waals surface area contributed by atoms with E-state index in [1.165, 1.54) is 30.1 Å². The minimum Gasteiger partial charge on any atom is -0.433 e. The van der Waals surface area contributed by atoms with Gasteiger partial charge in [-0.3, -0.25) is 0 Å². The highest BCUT2D eigenvalue weighted by Crippen LogP contribution is 2.28. The number of hydrogen-bond acceptors (Lipinski definition) is 3. The van der Waals surface area contributed by atoms with Gasteiger partial charge in [0.1, 0.15) is 5.75 Å². The SMILES string of the molecule is CN(CCO)C(=O)Nc1ccc(OC(F)F)c(Cl)c1. The second kappa shape index (κ2) is 7.10. The molecule has 8 heteroatoms. The van der Waals surface area contributed by atoms with Gasteiger partial charge in [0.2, 0.25) is 0 Å². The third kappa shape index (κ3) is 4.88. The summed E-state index contributed by atoms with van der Waals surface area (Å²) in [4.78, 5) is 12.8. The van der Waals surface area contributed by atoms with Crippen LogP contribution in [0, 0.1) is 0 Å². The Balaban J connectivity index is 2.70. The van der Waals surface area contributed by atoms with Crippen LogP contribution in [0.15, 0.2) is 18.2 Å². The molecule has 19 heavy (non-hydrogen) atoms. The summed E-state index contributed by atoms with van der Waals surface area (Å²) in [6, 6.07) is 3.46. The highest BCUT2D eigenvalue weighted by atomic mass is 35.5. The molecule has 0 saturated heterocycles. The monoisotopic (exact) mass is 294 g/mol. The molecule has 0 radical (unpaired) electrons. The first-order valence-electron chi connectivity index (χ1n) is 5.31. The van der Waals surface area contributed by atoms with Crippen LogP contribution < -0.4 is 10.1 Å². The zero-order valence-electron chi connectivity index (χ0n) is 10.1. The number of aliphatic hydroxyl groups excluding tert-OH is 1. The number of carbonyl (C=O) groups excluding carboxylic acids is 1. The molecule has 0 aliphatic carbocycles. The number of carbonyl (C=O) groups is 1. The second-order valence-corrected chi connectivity index (χ2v) is 4.01. The van der Waals surface area contributed by atoms with Gasteiger partial charge in [0, 0.05) is 19.3 Å². The summed E-state index contributed by atoms with van der Waals surface area (Å²) in [7, 11) is 1.50. The minimum atomic E-state index is -2.96. The lowest BCUT2D eigenvalue weighted by atomic mass is 10.3. The van der Waals surface area contributed by atoms with Gasteiger partial charge in [0.05, 0.1) is 11.6 Å². The van der Waals surface area contributed by atoms with Crippen molar-refractivity contribution in [3.63, 3.8) is 0 Å². The predicted octanol–water partition coefficient (Wildman–Crippen LogP) is 2.40. The molecular weight excluding hydrogens is 282 g/mol. The molecule has 1 aromatic carbocycles. The van der Waals surface area contributed by atoms with Crippen LogP contribution in [0.25, 0.3) is 0 Å². The molecule has 0 aliphatic heterocycles. The average molecular weight is 295 g/mol. The molecule has 1 aromatic rings. The van der Waals surface area contributed by atoms with Crippen molar-refractivity contribution >= 4 is 23.3 Å². The predicted molar refractivity (Wildman–Crippen MR) is 66.8 cm³/mol. The highest BCUT2D eigenvalue weighted by Gasteiger charge is 2.11. The molecule has 106 valence electrons. The number of likely N-dealkylation sites (N-methyl/N-ethyl adjacent to an activating group) is 1. The number of alkyl halides is 2. The molecule has 0 saturated carbocycles. The largest absolute Gasteiger partial charge is 0.433 e. The summed E-state index contributed by atoms with van der Waals surface area (Å²) in [5.74, 6) is -0.168. The fourth-order valence-corrected chi connectivity index (χ4v) is 1.47. The Labute approximate surface area is 113 Å². The second-order valence-electron chi connectivity index (χ2n) is 3.60. The number of halogens is 3. The van der Waals surface area contributed by atoms with E-state index in [1.807, 2.05) is 0 Å². The van der Waals surface area contributed by atoms with Gasteiger partial charge in [-0.15, -0.1) is 0 Å². The van der Waals surface area contributed by atoms with E-state index < -0.39 is 12.6 Å². The number of nitrogens with zero attached hydrogens (tertiary/aromatic N) is 1. The Hall–Kier alpha value is -1.60. The first-order chi connectivity index (χ1) is 8.93. The number of benzene rings is 1. The van der Waals surface area contributed by atoms with Gasteiger partial charge in [-0.25, -0.2) is 4.79 Å². The van der Waals surface area contributed by atoms with Crippen molar-refractivity contribution in [3.05, 3.63) is 23.2 Å². The summed E-state index contributed by atoms with van der Waals surface area (Å²) >= 11 is 5.73. The van der Waals surface area contributed by atoms with E-state index in [1.54, 1.807) is 0 Å². The van der Waals surface area contributed by atoms with Gasteiger partial charge in [-0.1, -0.05) is 11.6 Å². The Bertz CT molecular complexity index is 446. The molecule has 0 bridgehead atoms. The van der Waals surface area contributed by atoms with E-state index in [0.29, 0.717) is 5.69 Å². The zero-order chi connectivity index (χ0) is 14.4. The van der Waals surface area contributed by atoms with E-state index >= 15 is 0 Å². The molecule has 0 heterocycles. The Morgan fingerprint density at radius 2 is 2.26 bits per heavy atom. The maximum Gasteiger partial charge on any atom is 0.387 e. The van der Waals surface area contributed by atoms with Crippen LogP contribution >= 0.6 is 11.6 Å². The maximum absolute atomic E-state index is 12.0. The number of amides is 2. The number of urea groups is 1. The van der Waals surface area contributed by atoms with Gasteiger partial charge in [0.15, 0.2) is 0 Å². The Kier molecular flexibility index (Phi) is 5.78. The maximum atomic E-state index is 12.0. The number of hydrogen-bond donors (Lipinski definition) is 2. The van der Waals surface area contributed by atoms with E-state index in [2.05, 4.69) is 10.1 Å². The van der Waals surface area contributed by atoms with Crippen molar-refractivity contribution in [2.45, 2.75) is 6.61 Å². The summed E-state index contributed by atoms with van der Waals surface area (Å²) in [6.07, 6.45) is 0. The molecule has 1 rings (SSSR count). The van der Waals surface area contributed by atoms with E-state index in [0.717, 1.165) is 0 Å². The molecule has 0 fully saturated rings. The molecule has 0 unspecified atom stereocenters. The molecular formula is C11H13ClF2N2O3. The normalized spacial score (nSPS) is 10.4. The molecule has 2 N–H and O–H groups in total. The molecule has 5 nitrogen and oxygen atoms in total. The number of aliphatic hydroxyl groups is 1. The first-order valence-corrected chi connectivity index (χ1v) is 5.69. The minimum absolute atomic E-state index is 0.0390. The summed E-state index contributed by atoms with van der Waals surface area (Å²) in [5.41, 5.74) is 0.335. The van der Waals surface area contributed by atoms with Crippen LogP contribution in [0.2, 0.25) is 5.02 Å². The van der Waals surface area contributed by atoms with Gasteiger partial charge in [-0.05, 0) is 18.2 Å². The Morgan fingerprint density at radius 1 is 1.58 bits per heavy atom. The van der Waals surface area contributed by atoms with Crippen LogP contribution in [0.5, 0.6) is 5.75 Å². The van der Waals surface area contributed by atoms with Crippen molar-refractivity contribution in [1.82, 2.24) is 4.90 Å². The summed E-state index contributed by atoms with van der Waals surface area (Å²) in [5, 5.41) is 11.1. The fraction of sp³-hybridized carbons (Fsp3) is 0.364. The third-order valence-corrected chi connectivity index (χ3v) is 2.48. The topological polar surface area (TPSA) is 61.8 Å². The average Bonchev–Trinajstić information content (AvgIpc) is 2.32. The molecule has 2 amide bonds. The first kappa shape index (κ1) is 15.5. The number of rotatable bonds is 5. The molecule has 0 aliphatic rings. The lowest BCUT2D eigenvalue weighted by Gasteiger charge is -2.17. The Morgan fingerprint density at radius 3 is 2.79 bits per heavy atom. The number of anilines is 1. The van der Waals surface area contributed by atoms with Crippen molar-refractivity contribution in [2.24, 2.45) is 0 Å². The van der Waals surface area contributed by atoms with Gasteiger partial charge in [-0.2, -0.15) is 8.78 Å². The van der Waals surface area contributed by atoms with Crippen LogP contribution in [0.4, 0.5) is 19.3 Å². The van der Waals surface area contributed by atoms with Crippen LogP contribution in [-0.4, -0.2) is 42.8 Å². The van der Waals surface area contributed by atoms with Gasteiger partial charge >= 0.3 is 12.6 Å². The van der Waals surface area contributed by atoms with Crippen LogP contribution in [-0.2, 0) is 0 Å². The summed E-state index contributed by atoms with van der Waals surface area (Å²) in [6.45, 7) is -2.95. The van der Waals surface area contributed by atoms with Crippen molar-refractivity contribution in [1.29, 1.82) is 0 Å². The van der Waals surface area contributed by atoms with Crippen molar-refractivity contribution < 1.29 is 23.4 Å². The lowest BCUT2D eigenvalue weighted by molar-refractivity contribution is -0.0497. The van der Waals surface area contributed by atoms with Gasteiger partial charge in [0.25, 0.3) is 0 Å². The van der Waals surface area contributed by atoms with E-state index in [-0.39, 0.29) is 23.9 Å². The smallest absolute Gasteiger partial charge is 0.387 e. The standard InChI is InChI=1S/C11H13ClF2N2O3/c1-16(4-5-17)11(18)15-7-2-3-9(8(12)6-7)19-10(13)14/h2-3,6,10,17H,4-5H2,1H3,(H,15,18). The van der Waals surface area contributed by atoms with Crippen molar-refractivity contribution in [2.75, 3.05) is 25.5 Å². The third-order valence-electron chi connectivity index (χ3n) is 2.18. The van der Waals surface area contributed by atoms with Crippen LogP contribution in [0.3, 0.4) is 0 Å². The summed E-state index contributed by atoms with van der Waals surface area (Å²) < 4.78 is 28.2. The van der Waals surface area contributed by atoms with E-state index in [4.69, 9.17) is 16.7 Å². The fourth-order valence-electron chi connectivity index (χ4n) is 1.24. The number of nitrogens with one attached hydrogen (secondary N) is 1. The molecule has 0 atom stereocenters. The lowest BCUT2D eigenvalue weighted by Crippen LogP contribution is -2.33. The van der Waals surface area contributed by atoms with Crippen LogP contribution in [0.1, 0.15) is 0 Å². The number of ether oxygens (including phenoxy) is 1. The van der Waals surface area contributed by atoms with Crippen molar-refractivity contribution in [3.8, 4) is 5.75 Å². The van der Waals surface area contributed by atoms with Gasteiger partial charge < -0.3 is 20.1 Å². The highest BCUT2D eigenvalue weighted by molar-refractivity contribution is 6.32. The quantitative estimate of drug-likeness (QED) is 0.876. The molecule has 0 aromatic heterocycles. The van der Waals surface area contributed by atoms with E-state index in [9.17, 15) is 13.6 Å². The molecule has 0 spiro atoms. The zero-order valence-corrected chi connectivity index (χ0v) is 10.8.